The molecule has 11 heteroatoms. The molecule has 0 bridgehead atoms. The van der Waals surface area contributed by atoms with E-state index in [2.05, 4.69) is 34.9 Å². The van der Waals surface area contributed by atoms with Crippen LogP contribution in [0.4, 0.5) is 0 Å². The molecule has 0 amide bonds. The Bertz CT molecular complexity index is 1790. The molecule has 0 unspecified atom stereocenters. The van der Waals surface area contributed by atoms with Gasteiger partial charge in [0.25, 0.3) is 5.56 Å². The quantitative estimate of drug-likeness (QED) is 0.119. The molecule has 1 atom stereocenters. The van der Waals surface area contributed by atoms with Gasteiger partial charge in [0, 0.05) is 15.6 Å². The van der Waals surface area contributed by atoms with Gasteiger partial charge in [0.05, 0.1) is 37.4 Å². The zero-order chi connectivity index (χ0) is 32.1. The smallest absolute Gasteiger partial charge is 0.347 e. The lowest BCUT2D eigenvalue weighted by atomic mass is 9.96. The number of methoxy groups -OCH3 is 1. The third-order valence-electron chi connectivity index (χ3n) is 6.87. The third kappa shape index (κ3) is 6.76. The average molecular weight is 685 g/mol. The zero-order valence-electron chi connectivity index (χ0n) is 25.7. The minimum atomic E-state index is -0.925. The number of para-hydroxylation sites is 1. The molecule has 0 fully saturated rings. The van der Waals surface area contributed by atoms with Gasteiger partial charge in [-0.3, -0.25) is 4.79 Å². The first-order valence-electron chi connectivity index (χ1n) is 14.2. The Morgan fingerprint density at radius 1 is 1.11 bits per heavy atom. The molecule has 0 saturated heterocycles. The van der Waals surface area contributed by atoms with Gasteiger partial charge in [0.1, 0.15) is 10.8 Å². The molecule has 0 aliphatic carbocycles. The van der Waals surface area contributed by atoms with Crippen LogP contribution in [-0.4, -0.2) is 48.3 Å². The Labute approximate surface area is 269 Å². The molecule has 1 heterocycles. The maximum Gasteiger partial charge on any atom is 0.347 e. The van der Waals surface area contributed by atoms with Crippen LogP contribution in [0.3, 0.4) is 0 Å². The molecule has 0 radical (unpaired) electrons. The molecule has 9 nitrogen and oxygen atoms in total. The van der Waals surface area contributed by atoms with E-state index in [4.69, 9.17) is 35.5 Å². The van der Waals surface area contributed by atoms with Crippen LogP contribution in [-0.2, 0) is 9.53 Å². The summed E-state index contributed by atoms with van der Waals surface area (Å²) in [6.45, 7) is 12.1. The van der Waals surface area contributed by atoms with Crippen LogP contribution in [0.25, 0.3) is 22.3 Å². The molecule has 0 N–H and O–H groups in total. The number of carbonyl (C=O) groups excluding carboxylic acids is 1. The number of aryl methyl sites for hydroxylation is 1. The number of fused-ring (bicyclic) bond motifs is 1. The minimum Gasteiger partial charge on any atom is -0.494 e. The number of ether oxygens (including phenoxy) is 4. The van der Waals surface area contributed by atoms with Crippen molar-refractivity contribution in [3.05, 3.63) is 79.0 Å². The number of esters is 1. The Morgan fingerprint density at radius 2 is 1.84 bits per heavy atom. The van der Waals surface area contributed by atoms with Crippen LogP contribution in [0.5, 0.6) is 17.2 Å². The van der Waals surface area contributed by atoms with E-state index < -0.39 is 12.1 Å². The van der Waals surface area contributed by atoms with Crippen molar-refractivity contribution in [1.82, 2.24) is 9.66 Å². The first-order chi connectivity index (χ1) is 21.0. The SMILES string of the molecule is CCOC(=O)[C@H](C)Oc1c(OC)cc(C=Nn2c(-c3cc(C(C)C)c(OCC)cc3C)nc3ccccc3c2=O)c(Br)c1Cl. The van der Waals surface area contributed by atoms with Crippen molar-refractivity contribution in [1.29, 1.82) is 0 Å². The summed E-state index contributed by atoms with van der Waals surface area (Å²) in [7, 11) is 1.46. The fourth-order valence-electron chi connectivity index (χ4n) is 4.64. The minimum absolute atomic E-state index is 0.162. The molecule has 0 aliphatic rings. The lowest BCUT2D eigenvalue weighted by Gasteiger charge is -2.19. The summed E-state index contributed by atoms with van der Waals surface area (Å²) in [6, 6.07) is 12.8. The molecule has 0 saturated carbocycles. The van der Waals surface area contributed by atoms with Crippen LogP contribution < -0.4 is 19.8 Å². The number of carbonyl (C=O) groups is 1. The lowest BCUT2D eigenvalue weighted by Crippen LogP contribution is -2.26. The third-order valence-corrected chi connectivity index (χ3v) is 8.32. The zero-order valence-corrected chi connectivity index (χ0v) is 28.1. The predicted octanol–water partition coefficient (Wildman–Crippen LogP) is 7.53. The topological polar surface area (TPSA) is 101 Å². The highest BCUT2D eigenvalue weighted by Gasteiger charge is 2.24. The summed E-state index contributed by atoms with van der Waals surface area (Å²) in [6.07, 6.45) is 0.566. The molecular weight excluding hydrogens is 650 g/mol. The Hall–Kier alpha value is -3.89. The fraction of sp³-hybridized carbons (Fsp3) is 0.333. The molecule has 0 aliphatic heterocycles. The Kier molecular flexibility index (Phi) is 10.7. The first-order valence-corrected chi connectivity index (χ1v) is 15.4. The van der Waals surface area contributed by atoms with E-state index in [-0.39, 0.29) is 34.6 Å². The molecule has 4 rings (SSSR count). The number of aromatic nitrogens is 2. The normalized spacial score (nSPS) is 12.1. The van der Waals surface area contributed by atoms with Crippen molar-refractivity contribution < 1.29 is 23.7 Å². The molecule has 1 aromatic heterocycles. The van der Waals surface area contributed by atoms with Crippen molar-refractivity contribution in [3.63, 3.8) is 0 Å². The summed E-state index contributed by atoms with van der Waals surface area (Å²) in [4.78, 5) is 30.9. The van der Waals surface area contributed by atoms with E-state index in [1.165, 1.54) is 18.0 Å². The van der Waals surface area contributed by atoms with E-state index >= 15 is 0 Å². The highest BCUT2D eigenvalue weighted by atomic mass is 79.9. The van der Waals surface area contributed by atoms with Gasteiger partial charge in [-0.1, -0.05) is 37.6 Å². The summed E-state index contributed by atoms with van der Waals surface area (Å²) < 4.78 is 24.0. The predicted molar refractivity (Wildman–Crippen MR) is 177 cm³/mol. The number of nitrogens with zero attached hydrogens (tertiary/aromatic N) is 3. The number of hydrogen-bond donors (Lipinski definition) is 0. The first kappa shape index (κ1) is 33.0. The van der Waals surface area contributed by atoms with Crippen molar-refractivity contribution >= 4 is 50.6 Å². The van der Waals surface area contributed by atoms with Gasteiger partial charge in [-0.05, 0) is 91.0 Å². The van der Waals surface area contributed by atoms with Crippen molar-refractivity contribution in [2.24, 2.45) is 5.10 Å². The van der Waals surface area contributed by atoms with Crippen molar-refractivity contribution in [2.45, 2.75) is 53.6 Å². The van der Waals surface area contributed by atoms with Crippen LogP contribution in [0.2, 0.25) is 5.02 Å². The molecule has 44 heavy (non-hydrogen) atoms. The highest BCUT2D eigenvalue weighted by molar-refractivity contribution is 9.10. The van der Waals surface area contributed by atoms with Gasteiger partial charge < -0.3 is 18.9 Å². The standard InChI is InChI=1S/C33H35BrClN3O6/c1-8-42-26-14-19(5)24(16-23(26)18(3)4)31-37-25-13-11-10-12-22(25)32(39)38(31)36-17-21-15-27(41-7)30(29(35)28(21)34)44-20(6)33(40)43-9-2/h10-18,20H,8-9H2,1-7H3/t20-/m0/s1. The van der Waals surface area contributed by atoms with Crippen molar-refractivity contribution in [3.8, 4) is 28.6 Å². The van der Waals surface area contributed by atoms with Crippen molar-refractivity contribution in [2.75, 3.05) is 20.3 Å². The van der Waals surface area contributed by atoms with E-state index in [1.54, 1.807) is 38.1 Å². The Balaban J connectivity index is 1.89. The van der Waals surface area contributed by atoms with Gasteiger partial charge in [0.15, 0.2) is 23.4 Å². The van der Waals surface area contributed by atoms with Gasteiger partial charge in [-0.25, -0.2) is 9.78 Å². The molecule has 232 valence electrons. The second kappa shape index (κ2) is 14.3. The summed E-state index contributed by atoms with van der Waals surface area (Å²) in [5.74, 6) is 1.24. The molecule has 4 aromatic rings. The van der Waals surface area contributed by atoms with E-state index in [1.807, 2.05) is 32.0 Å². The van der Waals surface area contributed by atoms with E-state index in [0.29, 0.717) is 33.4 Å². The Morgan fingerprint density at radius 3 is 2.50 bits per heavy atom. The number of halogens is 2. The van der Waals surface area contributed by atoms with Crippen LogP contribution in [0.15, 0.2) is 56.8 Å². The lowest BCUT2D eigenvalue weighted by molar-refractivity contribution is -0.150. The second-order valence-corrected chi connectivity index (χ2v) is 11.4. The maximum atomic E-state index is 13.9. The van der Waals surface area contributed by atoms with Crippen LogP contribution in [0.1, 0.15) is 57.2 Å². The van der Waals surface area contributed by atoms with Gasteiger partial charge in [-0.15, -0.1) is 0 Å². The molecule has 0 spiro atoms. The summed E-state index contributed by atoms with van der Waals surface area (Å²) in [5.41, 5.74) is 3.35. The number of hydrogen-bond acceptors (Lipinski definition) is 8. The van der Waals surface area contributed by atoms with E-state index in [0.717, 1.165) is 22.4 Å². The monoisotopic (exact) mass is 683 g/mol. The largest absolute Gasteiger partial charge is 0.494 e. The average Bonchev–Trinajstić information content (AvgIpc) is 3.00. The van der Waals surface area contributed by atoms with Gasteiger partial charge in [0.2, 0.25) is 0 Å². The van der Waals surface area contributed by atoms with Gasteiger partial charge in [-0.2, -0.15) is 9.78 Å². The van der Waals surface area contributed by atoms with Gasteiger partial charge >= 0.3 is 5.97 Å². The number of benzene rings is 3. The van der Waals surface area contributed by atoms with Crippen LogP contribution in [0, 0.1) is 6.92 Å². The maximum absolute atomic E-state index is 13.9. The van der Waals surface area contributed by atoms with Crippen LogP contribution >= 0.6 is 27.5 Å². The fourth-order valence-corrected chi connectivity index (χ4v) is 5.28. The molecular formula is C33H35BrClN3O6. The second-order valence-electron chi connectivity index (χ2n) is 10.2. The summed E-state index contributed by atoms with van der Waals surface area (Å²) >= 11 is 10.2. The highest BCUT2D eigenvalue weighted by Crippen LogP contribution is 2.43. The number of rotatable bonds is 11. The summed E-state index contributed by atoms with van der Waals surface area (Å²) in [5, 5.41) is 5.21. The molecule has 3 aromatic carbocycles. The van der Waals surface area contributed by atoms with E-state index in [9.17, 15) is 9.59 Å².